The summed E-state index contributed by atoms with van der Waals surface area (Å²) in [4.78, 5) is 29.0. The molecule has 2 atom stereocenters. The molecule has 3 aromatic carbocycles. The van der Waals surface area contributed by atoms with Crippen molar-refractivity contribution in [3.63, 3.8) is 0 Å². The second kappa shape index (κ2) is 12.0. The molecule has 0 aromatic heterocycles. The van der Waals surface area contributed by atoms with Crippen molar-refractivity contribution in [1.82, 2.24) is 5.01 Å². The zero-order valence-corrected chi connectivity index (χ0v) is 23.1. The van der Waals surface area contributed by atoms with E-state index in [-0.39, 0.29) is 27.2 Å². The first-order valence-corrected chi connectivity index (χ1v) is 14.8. The molecule has 10 heteroatoms. The van der Waals surface area contributed by atoms with Gasteiger partial charge in [0.25, 0.3) is 0 Å². The zero-order valence-electron chi connectivity index (χ0n) is 20.7. The van der Waals surface area contributed by atoms with Gasteiger partial charge >= 0.3 is 127 Å². The number of hydrogen-bond acceptors (Lipinski definition) is 6. The van der Waals surface area contributed by atoms with Crippen LogP contribution in [0.3, 0.4) is 0 Å². The Bertz CT molecular complexity index is 1460. The number of rotatable bonds is 8. The van der Waals surface area contributed by atoms with E-state index in [1.807, 2.05) is 12.1 Å². The number of carbonyl (C=O) groups is 2. The SMILES string of the molecule is N#C[Se]CCCOc1ccc2c(c1)OC(=O)C(C(=O)N1N=C(c3ccc(Cl)cc3)CC1c1ccc(F)cc1)C2. The Hall–Kier alpha value is -3.70. The number of nitriles is 1. The van der Waals surface area contributed by atoms with Gasteiger partial charge in [-0.25, -0.2) is 4.39 Å². The third-order valence-electron chi connectivity index (χ3n) is 6.55. The van der Waals surface area contributed by atoms with Crippen LogP contribution >= 0.6 is 11.6 Å². The Morgan fingerprint density at radius 2 is 1.92 bits per heavy atom. The molecule has 2 aliphatic heterocycles. The predicted octanol–water partition coefficient (Wildman–Crippen LogP) is 5.31. The number of hydrazone groups is 1. The summed E-state index contributed by atoms with van der Waals surface area (Å²) >= 11 is 6.00. The Morgan fingerprint density at radius 1 is 1.15 bits per heavy atom. The molecule has 39 heavy (non-hydrogen) atoms. The zero-order chi connectivity index (χ0) is 27.4. The summed E-state index contributed by atoms with van der Waals surface area (Å²) in [6.07, 6.45) is 1.33. The molecular formula is C29H23ClFN3O4Se. The number of fused-ring (bicyclic) bond motifs is 1. The van der Waals surface area contributed by atoms with Crippen LogP contribution in [-0.2, 0) is 16.0 Å². The van der Waals surface area contributed by atoms with Gasteiger partial charge in [-0.1, -0.05) is 35.9 Å². The van der Waals surface area contributed by atoms with Gasteiger partial charge in [0.1, 0.15) is 5.82 Å². The van der Waals surface area contributed by atoms with Crippen LogP contribution in [0.5, 0.6) is 11.5 Å². The summed E-state index contributed by atoms with van der Waals surface area (Å²) in [6, 6.07) is 17.8. The minimum atomic E-state index is -1.08. The summed E-state index contributed by atoms with van der Waals surface area (Å²) in [5.74, 6) is -1.67. The second-order valence-electron chi connectivity index (χ2n) is 9.10. The predicted molar refractivity (Wildman–Crippen MR) is 144 cm³/mol. The van der Waals surface area contributed by atoms with Crippen molar-refractivity contribution in [2.45, 2.75) is 30.6 Å². The van der Waals surface area contributed by atoms with Gasteiger partial charge in [0.05, 0.1) is 11.8 Å². The van der Waals surface area contributed by atoms with Crippen LogP contribution in [0.25, 0.3) is 0 Å². The summed E-state index contributed by atoms with van der Waals surface area (Å²) in [6.45, 7) is 0.463. The molecule has 0 radical (unpaired) electrons. The number of hydrogen-bond donors (Lipinski definition) is 0. The number of amides is 1. The Labute approximate surface area is 236 Å². The van der Waals surface area contributed by atoms with Crippen LogP contribution in [-0.4, -0.2) is 44.2 Å². The summed E-state index contributed by atoms with van der Waals surface area (Å²) < 4.78 is 24.9. The second-order valence-corrected chi connectivity index (χ2v) is 11.4. The number of halogens is 2. The standard InChI is InChI=1S/C29H23ClFN3O4Se/c30-21-7-2-18(3-8-21)25-16-26(19-4-9-22(31)10-5-19)34(33-25)28(35)24-14-20-6-11-23(15-27(20)38-29(24)36)37-12-1-13-39-17-32/h2-11,15,24,26H,1,12-14,16H2. The molecule has 7 nitrogen and oxygen atoms in total. The summed E-state index contributed by atoms with van der Waals surface area (Å²) in [5.41, 5.74) is 2.89. The normalized spacial score (nSPS) is 18.1. The molecule has 2 aliphatic rings. The van der Waals surface area contributed by atoms with Crippen LogP contribution in [0, 0.1) is 22.0 Å². The van der Waals surface area contributed by atoms with E-state index in [2.05, 4.69) is 10.1 Å². The number of nitrogens with zero attached hydrogens (tertiary/aromatic N) is 3. The van der Waals surface area contributed by atoms with Crippen molar-refractivity contribution in [2.24, 2.45) is 11.0 Å². The molecule has 2 unspecified atom stereocenters. The van der Waals surface area contributed by atoms with Gasteiger partial charge in [-0.05, 0) is 35.4 Å². The fraction of sp³-hybridized carbons (Fsp3) is 0.241. The molecule has 0 N–H and O–H groups in total. The first kappa shape index (κ1) is 26.9. The molecular weight excluding hydrogens is 588 g/mol. The molecule has 0 spiro atoms. The topological polar surface area (TPSA) is 92.0 Å². The molecule has 0 aliphatic carbocycles. The monoisotopic (exact) mass is 611 g/mol. The van der Waals surface area contributed by atoms with Crippen molar-refractivity contribution in [2.75, 3.05) is 6.61 Å². The number of benzene rings is 3. The van der Waals surface area contributed by atoms with Gasteiger partial charge in [-0.15, -0.1) is 0 Å². The average molecular weight is 611 g/mol. The molecule has 5 rings (SSSR count). The summed E-state index contributed by atoms with van der Waals surface area (Å²) in [5, 5.41) is 16.0. The van der Waals surface area contributed by atoms with Gasteiger partial charge in [0.2, 0.25) is 0 Å². The Balaban J connectivity index is 1.36. The van der Waals surface area contributed by atoms with Crippen LogP contribution < -0.4 is 9.47 Å². The maximum absolute atomic E-state index is 13.8. The van der Waals surface area contributed by atoms with Gasteiger partial charge in [-0.3, -0.25) is 0 Å². The van der Waals surface area contributed by atoms with Crippen molar-refractivity contribution in [3.8, 4) is 16.5 Å². The van der Waals surface area contributed by atoms with Crippen LogP contribution in [0.1, 0.15) is 35.6 Å². The molecule has 3 aromatic rings. The van der Waals surface area contributed by atoms with Crippen LogP contribution in [0.4, 0.5) is 4.39 Å². The first-order chi connectivity index (χ1) is 18.9. The van der Waals surface area contributed by atoms with Crippen molar-refractivity contribution in [1.29, 1.82) is 5.26 Å². The maximum atomic E-state index is 13.8. The fourth-order valence-electron chi connectivity index (χ4n) is 4.56. The number of carbonyl (C=O) groups excluding carboxylic acids is 2. The molecule has 0 saturated carbocycles. The molecule has 0 saturated heterocycles. The van der Waals surface area contributed by atoms with E-state index in [9.17, 15) is 14.0 Å². The van der Waals surface area contributed by atoms with E-state index in [0.717, 1.165) is 17.3 Å². The van der Waals surface area contributed by atoms with E-state index in [1.54, 1.807) is 42.5 Å². The van der Waals surface area contributed by atoms with E-state index in [4.69, 9.17) is 26.3 Å². The van der Waals surface area contributed by atoms with Crippen LogP contribution in [0.15, 0.2) is 71.8 Å². The fourth-order valence-corrected chi connectivity index (χ4v) is 5.43. The van der Waals surface area contributed by atoms with E-state index < -0.39 is 23.8 Å². The third kappa shape index (κ3) is 6.15. The van der Waals surface area contributed by atoms with E-state index in [1.165, 1.54) is 17.1 Å². The minimum absolute atomic E-state index is 0.0407. The Kier molecular flexibility index (Phi) is 8.27. The quantitative estimate of drug-likeness (QED) is 0.113. The molecule has 198 valence electrons. The average Bonchev–Trinajstić information content (AvgIpc) is 3.38. The van der Waals surface area contributed by atoms with Gasteiger partial charge in [0, 0.05) is 11.4 Å². The van der Waals surface area contributed by atoms with Gasteiger partial charge in [-0.2, -0.15) is 5.10 Å². The third-order valence-corrected chi connectivity index (χ3v) is 8.10. The molecule has 1 amide bonds. The first-order valence-electron chi connectivity index (χ1n) is 12.3. The van der Waals surface area contributed by atoms with Gasteiger partial charge in [0.15, 0.2) is 0 Å². The number of ether oxygens (including phenoxy) is 2. The molecule has 0 fully saturated rings. The van der Waals surface area contributed by atoms with E-state index in [0.29, 0.717) is 46.4 Å². The number of esters is 1. The van der Waals surface area contributed by atoms with Gasteiger partial charge < -0.3 is 0 Å². The molecule has 0 bridgehead atoms. The van der Waals surface area contributed by atoms with E-state index >= 15 is 0 Å². The molecule has 2 heterocycles. The van der Waals surface area contributed by atoms with Crippen molar-refractivity contribution in [3.05, 3.63) is 94.3 Å². The van der Waals surface area contributed by atoms with Crippen molar-refractivity contribution < 1.29 is 23.5 Å². The summed E-state index contributed by atoms with van der Waals surface area (Å²) in [7, 11) is 0. The van der Waals surface area contributed by atoms with Crippen LogP contribution in [0.2, 0.25) is 10.3 Å². The van der Waals surface area contributed by atoms with Crippen molar-refractivity contribution >= 4 is 44.1 Å². The Morgan fingerprint density at radius 3 is 2.67 bits per heavy atom.